The van der Waals surface area contributed by atoms with E-state index in [4.69, 9.17) is 0 Å². The fourth-order valence-corrected chi connectivity index (χ4v) is 1.45. The Bertz CT molecular complexity index is 340. The SMILES string of the molecule is CC(NC(=O)CCNC(C)(C)C)c1ncc[nH]1. The van der Waals surface area contributed by atoms with E-state index in [-0.39, 0.29) is 17.5 Å². The zero-order valence-corrected chi connectivity index (χ0v) is 11.0. The molecule has 1 aromatic heterocycles. The van der Waals surface area contributed by atoms with Crippen molar-refractivity contribution in [2.75, 3.05) is 6.54 Å². The summed E-state index contributed by atoms with van der Waals surface area (Å²) < 4.78 is 0. The zero-order chi connectivity index (χ0) is 12.9. The molecule has 1 aromatic rings. The number of hydrogen-bond acceptors (Lipinski definition) is 3. The summed E-state index contributed by atoms with van der Waals surface area (Å²) in [6.07, 6.45) is 3.90. The van der Waals surface area contributed by atoms with Gasteiger partial charge in [-0.05, 0) is 27.7 Å². The predicted molar refractivity (Wildman–Crippen MR) is 67.5 cm³/mol. The highest BCUT2D eigenvalue weighted by atomic mass is 16.1. The van der Waals surface area contributed by atoms with Gasteiger partial charge in [-0.3, -0.25) is 4.79 Å². The first-order valence-corrected chi connectivity index (χ1v) is 5.92. The summed E-state index contributed by atoms with van der Waals surface area (Å²) in [5, 5.41) is 6.17. The summed E-state index contributed by atoms with van der Waals surface area (Å²) in [6.45, 7) is 8.83. The Kier molecular flexibility index (Phi) is 4.69. The average molecular weight is 238 g/mol. The molecule has 1 amide bonds. The van der Waals surface area contributed by atoms with Crippen molar-refractivity contribution in [1.82, 2.24) is 20.6 Å². The minimum absolute atomic E-state index is 0.0330. The molecule has 0 spiro atoms. The number of aromatic amines is 1. The van der Waals surface area contributed by atoms with Crippen molar-refractivity contribution in [2.24, 2.45) is 0 Å². The van der Waals surface area contributed by atoms with Crippen LogP contribution in [0.15, 0.2) is 12.4 Å². The van der Waals surface area contributed by atoms with Crippen LogP contribution in [0.25, 0.3) is 0 Å². The Morgan fingerprint density at radius 2 is 2.24 bits per heavy atom. The van der Waals surface area contributed by atoms with Gasteiger partial charge in [-0.1, -0.05) is 0 Å². The molecule has 0 bridgehead atoms. The summed E-state index contributed by atoms with van der Waals surface area (Å²) in [4.78, 5) is 18.7. The molecule has 0 saturated carbocycles. The Hall–Kier alpha value is -1.36. The largest absolute Gasteiger partial charge is 0.347 e. The molecule has 0 saturated heterocycles. The molecule has 96 valence electrons. The van der Waals surface area contributed by atoms with E-state index < -0.39 is 0 Å². The molecule has 1 atom stereocenters. The van der Waals surface area contributed by atoms with Gasteiger partial charge in [-0.15, -0.1) is 0 Å². The number of hydrogen-bond donors (Lipinski definition) is 3. The van der Waals surface area contributed by atoms with Crippen LogP contribution in [0.4, 0.5) is 0 Å². The summed E-state index contributed by atoms with van der Waals surface area (Å²) in [5.41, 5.74) is 0.0485. The second-order valence-electron chi connectivity index (χ2n) is 5.19. The lowest BCUT2D eigenvalue weighted by molar-refractivity contribution is -0.121. The molecule has 1 heterocycles. The summed E-state index contributed by atoms with van der Waals surface area (Å²) >= 11 is 0. The number of nitrogens with one attached hydrogen (secondary N) is 3. The van der Waals surface area contributed by atoms with Crippen molar-refractivity contribution >= 4 is 5.91 Å². The van der Waals surface area contributed by atoms with Crippen LogP contribution < -0.4 is 10.6 Å². The van der Waals surface area contributed by atoms with Crippen LogP contribution in [0.3, 0.4) is 0 Å². The lowest BCUT2D eigenvalue weighted by Gasteiger charge is -2.20. The number of aromatic nitrogens is 2. The molecule has 5 nitrogen and oxygen atoms in total. The third-order valence-electron chi connectivity index (χ3n) is 2.31. The summed E-state index contributed by atoms with van der Waals surface area (Å²) in [6, 6.07) is -0.0767. The van der Waals surface area contributed by atoms with E-state index in [1.165, 1.54) is 0 Å². The summed E-state index contributed by atoms with van der Waals surface area (Å²) in [5.74, 6) is 0.813. The van der Waals surface area contributed by atoms with Gasteiger partial charge in [-0.25, -0.2) is 4.98 Å². The minimum atomic E-state index is -0.0767. The van der Waals surface area contributed by atoms with E-state index >= 15 is 0 Å². The monoisotopic (exact) mass is 238 g/mol. The van der Waals surface area contributed by atoms with E-state index in [2.05, 4.69) is 41.4 Å². The smallest absolute Gasteiger partial charge is 0.221 e. The van der Waals surface area contributed by atoms with Crippen LogP contribution in [-0.4, -0.2) is 28.0 Å². The quantitative estimate of drug-likeness (QED) is 0.725. The van der Waals surface area contributed by atoms with Crippen LogP contribution in [0.1, 0.15) is 46.0 Å². The number of rotatable bonds is 5. The first kappa shape index (κ1) is 13.7. The highest BCUT2D eigenvalue weighted by Gasteiger charge is 2.12. The molecule has 0 aromatic carbocycles. The van der Waals surface area contributed by atoms with Gasteiger partial charge >= 0.3 is 0 Å². The fraction of sp³-hybridized carbons (Fsp3) is 0.667. The van der Waals surface area contributed by atoms with Crippen molar-refractivity contribution in [1.29, 1.82) is 0 Å². The van der Waals surface area contributed by atoms with Crippen LogP contribution in [0.2, 0.25) is 0 Å². The molecule has 3 N–H and O–H groups in total. The second-order valence-corrected chi connectivity index (χ2v) is 5.19. The van der Waals surface area contributed by atoms with Crippen LogP contribution >= 0.6 is 0 Å². The van der Waals surface area contributed by atoms with E-state index in [1.54, 1.807) is 12.4 Å². The van der Waals surface area contributed by atoms with Gasteiger partial charge in [0, 0.05) is 30.9 Å². The molecule has 0 radical (unpaired) electrons. The van der Waals surface area contributed by atoms with Crippen molar-refractivity contribution < 1.29 is 4.79 Å². The number of carbonyl (C=O) groups excluding carboxylic acids is 1. The van der Waals surface area contributed by atoms with Gasteiger partial charge < -0.3 is 15.6 Å². The lowest BCUT2D eigenvalue weighted by Crippen LogP contribution is -2.38. The van der Waals surface area contributed by atoms with Crippen LogP contribution in [0, 0.1) is 0 Å². The molecule has 17 heavy (non-hydrogen) atoms. The van der Waals surface area contributed by atoms with Crippen LogP contribution in [-0.2, 0) is 4.79 Å². The van der Waals surface area contributed by atoms with Gasteiger partial charge in [0.2, 0.25) is 5.91 Å². The normalized spacial score (nSPS) is 13.4. The number of H-pyrrole nitrogens is 1. The maximum atomic E-state index is 11.6. The number of nitrogens with zero attached hydrogens (tertiary/aromatic N) is 1. The maximum Gasteiger partial charge on any atom is 0.221 e. The van der Waals surface area contributed by atoms with Crippen molar-refractivity contribution in [3.05, 3.63) is 18.2 Å². The van der Waals surface area contributed by atoms with Crippen molar-refractivity contribution in [2.45, 2.75) is 45.7 Å². The molecule has 0 aliphatic heterocycles. The van der Waals surface area contributed by atoms with E-state index in [0.29, 0.717) is 13.0 Å². The molecule has 0 aliphatic carbocycles. The maximum absolute atomic E-state index is 11.6. The topological polar surface area (TPSA) is 69.8 Å². The molecule has 5 heteroatoms. The van der Waals surface area contributed by atoms with Gasteiger partial charge in [0.05, 0.1) is 6.04 Å². The molecule has 1 rings (SSSR count). The Balaban J connectivity index is 2.26. The first-order chi connectivity index (χ1) is 7.88. The van der Waals surface area contributed by atoms with E-state index in [0.717, 1.165) is 5.82 Å². The number of amides is 1. The molecular weight excluding hydrogens is 216 g/mol. The Morgan fingerprint density at radius 3 is 2.76 bits per heavy atom. The van der Waals surface area contributed by atoms with E-state index in [1.807, 2.05) is 6.92 Å². The van der Waals surface area contributed by atoms with Gasteiger partial charge in [-0.2, -0.15) is 0 Å². The molecular formula is C12H22N4O. The van der Waals surface area contributed by atoms with Gasteiger partial charge in [0.15, 0.2) is 0 Å². The highest BCUT2D eigenvalue weighted by Crippen LogP contribution is 2.05. The average Bonchev–Trinajstić information content (AvgIpc) is 2.67. The lowest BCUT2D eigenvalue weighted by atomic mass is 10.1. The first-order valence-electron chi connectivity index (χ1n) is 5.92. The highest BCUT2D eigenvalue weighted by molar-refractivity contribution is 5.76. The Morgan fingerprint density at radius 1 is 1.53 bits per heavy atom. The van der Waals surface area contributed by atoms with Crippen molar-refractivity contribution in [3.63, 3.8) is 0 Å². The number of imidazole rings is 1. The molecule has 1 unspecified atom stereocenters. The van der Waals surface area contributed by atoms with Crippen LogP contribution in [0.5, 0.6) is 0 Å². The number of carbonyl (C=O) groups is 1. The van der Waals surface area contributed by atoms with Crippen molar-refractivity contribution in [3.8, 4) is 0 Å². The van der Waals surface area contributed by atoms with E-state index in [9.17, 15) is 4.79 Å². The second kappa shape index (κ2) is 5.82. The zero-order valence-electron chi connectivity index (χ0n) is 11.0. The fourth-order valence-electron chi connectivity index (χ4n) is 1.45. The third-order valence-corrected chi connectivity index (χ3v) is 2.31. The van der Waals surface area contributed by atoms with Gasteiger partial charge in [0.1, 0.15) is 5.82 Å². The van der Waals surface area contributed by atoms with Gasteiger partial charge in [0.25, 0.3) is 0 Å². The standard InChI is InChI=1S/C12H22N4O/c1-9(11-13-7-8-14-11)16-10(17)5-6-15-12(2,3)4/h7-9,15H,5-6H2,1-4H3,(H,13,14)(H,16,17). The molecule has 0 fully saturated rings. The minimum Gasteiger partial charge on any atom is -0.347 e. The third kappa shape index (κ3) is 5.49. The summed E-state index contributed by atoms with van der Waals surface area (Å²) in [7, 11) is 0. The predicted octanol–water partition coefficient (Wildman–Crippen LogP) is 1.37. The molecule has 0 aliphatic rings. The Labute approximate surface area is 102 Å².